The van der Waals surface area contributed by atoms with Crippen molar-refractivity contribution < 1.29 is 13.9 Å². The van der Waals surface area contributed by atoms with Crippen LogP contribution in [-0.4, -0.2) is 17.6 Å². The Hall–Kier alpha value is -2.48. The lowest BCUT2D eigenvalue weighted by atomic mass is 10.2. The number of ether oxygens (including phenoxy) is 1. The number of esters is 1. The molecule has 3 rings (SSSR count). The quantitative estimate of drug-likeness (QED) is 0.514. The van der Waals surface area contributed by atoms with Gasteiger partial charge >= 0.3 is 5.97 Å². The Morgan fingerprint density at radius 2 is 2.09 bits per heavy atom. The van der Waals surface area contributed by atoms with Crippen molar-refractivity contribution in [1.29, 1.82) is 0 Å². The van der Waals surface area contributed by atoms with Gasteiger partial charge in [-0.2, -0.15) is 0 Å². The van der Waals surface area contributed by atoms with Crippen LogP contribution in [0.1, 0.15) is 10.4 Å². The Balaban J connectivity index is 2.01. The minimum absolute atomic E-state index is 0.0843. The lowest BCUT2D eigenvalue weighted by Gasteiger charge is -1.99. The Kier molecular flexibility index (Phi) is 4.24. The van der Waals surface area contributed by atoms with Crippen molar-refractivity contribution in [3.63, 3.8) is 0 Å². The first-order valence-corrected chi connectivity index (χ1v) is 7.30. The molecule has 0 saturated heterocycles. The maximum absolute atomic E-state index is 11.8. The number of rotatable bonds is 3. The summed E-state index contributed by atoms with van der Waals surface area (Å²) in [7, 11) is 0. The summed E-state index contributed by atoms with van der Waals surface area (Å²) in [6.07, 6.45) is 5.06. The van der Waals surface area contributed by atoms with E-state index in [1.54, 1.807) is 36.4 Å². The van der Waals surface area contributed by atoms with E-state index in [0.717, 1.165) is 0 Å². The monoisotopic (exact) mass is 345 g/mol. The van der Waals surface area contributed by atoms with Crippen LogP contribution in [0.5, 0.6) is 0 Å². The molecule has 0 amide bonds. The van der Waals surface area contributed by atoms with Gasteiger partial charge in [-0.25, -0.2) is 9.78 Å². The smallest absolute Gasteiger partial charge is 0.339 e. The van der Waals surface area contributed by atoms with Gasteiger partial charge in [-0.1, -0.05) is 29.1 Å². The minimum atomic E-state index is -0.518. The molecule has 0 aliphatic heterocycles. The summed E-state index contributed by atoms with van der Waals surface area (Å²) in [6, 6.07) is 9.79. The summed E-state index contributed by atoms with van der Waals surface area (Å²) in [5, 5.41) is 0.986. The molecule has 0 spiro atoms. The maximum atomic E-state index is 11.8. The molecular weight excluding hydrogens is 337 g/mol. The summed E-state index contributed by atoms with van der Waals surface area (Å²) in [6.45, 7) is -0.0843. The fraction of sp³-hybridized carbons (Fsp3) is 0.0588. The van der Waals surface area contributed by atoms with E-state index >= 15 is 0 Å². The highest BCUT2D eigenvalue weighted by Crippen LogP contribution is 2.32. The molecule has 2 aromatic carbocycles. The fourth-order valence-electron chi connectivity index (χ4n) is 2.02. The number of fused-ring (bicyclic) bond motifs is 1. The Morgan fingerprint density at radius 3 is 2.87 bits per heavy atom. The van der Waals surface area contributed by atoms with Crippen LogP contribution in [-0.2, 0) is 4.74 Å². The van der Waals surface area contributed by atoms with Crippen molar-refractivity contribution in [2.24, 2.45) is 0 Å². The second-order valence-electron chi connectivity index (χ2n) is 4.61. The SMILES string of the molecule is C#CCOC(=O)c1ccc2oc(-c3cc(Cl)ccc3Cl)nc2c1. The van der Waals surface area contributed by atoms with Crippen LogP contribution in [0.3, 0.4) is 0 Å². The number of terminal acetylenes is 1. The van der Waals surface area contributed by atoms with Gasteiger partial charge in [0, 0.05) is 5.02 Å². The summed E-state index contributed by atoms with van der Waals surface area (Å²) >= 11 is 12.1. The van der Waals surface area contributed by atoms with Crippen molar-refractivity contribution in [3.05, 3.63) is 52.0 Å². The van der Waals surface area contributed by atoms with Gasteiger partial charge in [-0.15, -0.1) is 6.42 Å². The predicted octanol–water partition coefficient (Wildman–Crippen LogP) is 4.59. The van der Waals surface area contributed by atoms with Gasteiger partial charge in [0.2, 0.25) is 5.89 Å². The van der Waals surface area contributed by atoms with Crippen LogP contribution in [0.4, 0.5) is 0 Å². The molecule has 0 bridgehead atoms. The van der Waals surface area contributed by atoms with E-state index in [1.807, 2.05) is 0 Å². The number of benzene rings is 2. The topological polar surface area (TPSA) is 52.3 Å². The summed E-state index contributed by atoms with van der Waals surface area (Å²) in [5.41, 5.74) is 1.94. The Labute approximate surface area is 142 Å². The molecule has 0 saturated carbocycles. The maximum Gasteiger partial charge on any atom is 0.339 e. The molecule has 4 nitrogen and oxygen atoms in total. The zero-order valence-electron chi connectivity index (χ0n) is 11.7. The zero-order valence-corrected chi connectivity index (χ0v) is 13.2. The van der Waals surface area contributed by atoms with Gasteiger partial charge in [0.05, 0.1) is 16.1 Å². The van der Waals surface area contributed by atoms with Crippen LogP contribution in [0.15, 0.2) is 40.8 Å². The average Bonchev–Trinajstić information content (AvgIpc) is 2.97. The average molecular weight is 346 g/mol. The van der Waals surface area contributed by atoms with Crippen molar-refractivity contribution in [1.82, 2.24) is 4.98 Å². The van der Waals surface area contributed by atoms with Crippen molar-refractivity contribution in [2.45, 2.75) is 0 Å². The molecule has 1 heterocycles. The molecule has 0 atom stereocenters. The molecule has 0 aliphatic rings. The molecule has 0 unspecified atom stereocenters. The molecule has 6 heteroatoms. The second kappa shape index (κ2) is 6.33. The van der Waals surface area contributed by atoms with Crippen molar-refractivity contribution >= 4 is 40.3 Å². The minimum Gasteiger partial charge on any atom is -0.449 e. The second-order valence-corrected chi connectivity index (χ2v) is 5.45. The molecule has 0 fully saturated rings. The van der Waals surface area contributed by atoms with Crippen LogP contribution in [0, 0.1) is 12.3 Å². The third-order valence-electron chi connectivity index (χ3n) is 3.07. The van der Waals surface area contributed by atoms with Crippen molar-refractivity contribution in [3.8, 4) is 23.8 Å². The standard InChI is InChI=1S/C17H9Cl2NO3/c1-2-7-22-17(21)10-3-6-15-14(8-10)20-16(23-15)12-9-11(18)4-5-13(12)19/h1,3-6,8-9H,7H2. The van der Waals surface area contributed by atoms with Gasteiger partial charge in [0.1, 0.15) is 5.52 Å². The van der Waals surface area contributed by atoms with Gasteiger partial charge in [0.25, 0.3) is 0 Å². The number of halogens is 2. The normalized spacial score (nSPS) is 10.5. The number of carbonyl (C=O) groups excluding carboxylic acids is 1. The van der Waals surface area contributed by atoms with Crippen molar-refractivity contribution in [2.75, 3.05) is 6.61 Å². The van der Waals surface area contributed by atoms with E-state index in [-0.39, 0.29) is 6.61 Å². The highest BCUT2D eigenvalue weighted by Gasteiger charge is 2.14. The molecular formula is C17H9Cl2NO3. The lowest BCUT2D eigenvalue weighted by Crippen LogP contribution is -2.04. The largest absolute Gasteiger partial charge is 0.449 e. The predicted molar refractivity (Wildman–Crippen MR) is 88.6 cm³/mol. The molecule has 1 aromatic heterocycles. The first-order chi connectivity index (χ1) is 11.1. The molecule has 0 radical (unpaired) electrons. The van der Waals surface area contributed by atoms with E-state index in [9.17, 15) is 4.79 Å². The number of hydrogen-bond donors (Lipinski definition) is 0. The zero-order chi connectivity index (χ0) is 16.4. The van der Waals surface area contributed by atoms with E-state index in [2.05, 4.69) is 10.9 Å². The Morgan fingerprint density at radius 1 is 1.26 bits per heavy atom. The summed E-state index contributed by atoms with van der Waals surface area (Å²) < 4.78 is 10.5. The van der Waals surface area contributed by atoms with Gasteiger partial charge in [-0.3, -0.25) is 0 Å². The summed E-state index contributed by atoms with van der Waals surface area (Å²) in [4.78, 5) is 16.2. The third kappa shape index (κ3) is 3.16. The van der Waals surface area contributed by atoms with E-state index in [0.29, 0.717) is 38.2 Å². The number of aromatic nitrogens is 1. The first kappa shape index (κ1) is 15.4. The number of carbonyl (C=O) groups is 1. The molecule has 0 N–H and O–H groups in total. The van der Waals surface area contributed by atoms with Gasteiger partial charge in [0.15, 0.2) is 12.2 Å². The highest BCUT2D eigenvalue weighted by molar-refractivity contribution is 6.35. The fourth-order valence-corrected chi connectivity index (χ4v) is 2.39. The molecule has 3 aromatic rings. The highest BCUT2D eigenvalue weighted by atomic mass is 35.5. The van der Waals surface area contributed by atoms with E-state index in [1.165, 1.54) is 0 Å². The van der Waals surface area contributed by atoms with E-state index < -0.39 is 5.97 Å². The Bertz CT molecular complexity index is 941. The molecule has 0 aliphatic carbocycles. The van der Waals surface area contributed by atoms with E-state index in [4.69, 9.17) is 38.8 Å². The third-order valence-corrected chi connectivity index (χ3v) is 3.63. The van der Waals surface area contributed by atoms with Gasteiger partial charge < -0.3 is 9.15 Å². The number of oxazole rings is 1. The van der Waals surface area contributed by atoms with Crippen LogP contribution in [0.2, 0.25) is 10.0 Å². The first-order valence-electron chi connectivity index (χ1n) is 6.55. The summed E-state index contributed by atoms with van der Waals surface area (Å²) in [5.74, 6) is 2.04. The van der Waals surface area contributed by atoms with Crippen LogP contribution < -0.4 is 0 Å². The number of nitrogens with zero attached hydrogens (tertiary/aromatic N) is 1. The van der Waals surface area contributed by atoms with Gasteiger partial charge in [-0.05, 0) is 36.4 Å². The number of hydrogen-bond acceptors (Lipinski definition) is 4. The molecule has 114 valence electrons. The van der Waals surface area contributed by atoms with Crippen LogP contribution >= 0.6 is 23.2 Å². The molecule has 23 heavy (non-hydrogen) atoms. The van der Waals surface area contributed by atoms with Crippen LogP contribution in [0.25, 0.3) is 22.6 Å². The lowest BCUT2D eigenvalue weighted by molar-refractivity contribution is 0.0557.